The molecule has 0 unspecified atom stereocenters. The number of nitrogens with zero attached hydrogens (tertiary/aromatic N) is 2. The van der Waals surface area contributed by atoms with Gasteiger partial charge in [-0.1, -0.05) is 0 Å². The van der Waals surface area contributed by atoms with E-state index in [-0.39, 0.29) is 0 Å². The second-order valence-corrected chi connectivity index (χ2v) is 5.25. The van der Waals surface area contributed by atoms with Crippen molar-refractivity contribution >= 4 is 21.6 Å². The van der Waals surface area contributed by atoms with Gasteiger partial charge in [0.2, 0.25) is 0 Å². The molecule has 0 radical (unpaired) electrons. The second-order valence-electron chi connectivity index (χ2n) is 4.08. The van der Waals surface area contributed by atoms with Crippen LogP contribution in [0.5, 0.6) is 0 Å². The van der Waals surface area contributed by atoms with Crippen molar-refractivity contribution in [3.8, 4) is 0 Å². The van der Waals surface area contributed by atoms with Crippen LogP contribution in [0.2, 0.25) is 0 Å². The molecule has 0 amide bonds. The summed E-state index contributed by atoms with van der Waals surface area (Å²) in [5.74, 6) is 0. The minimum Gasteiger partial charge on any atom is -0.298 e. The third-order valence-corrected chi connectivity index (χ3v) is 3.99. The Morgan fingerprint density at radius 2 is 2.20 bits per heavy atom. The summed E-state index contributed by atoms with van der Waals surface area (Å²) in [6, 6.07) is 6.40. The van der Waals surface area contributed by atoms with Gasteiger partial charge in [-0.2, -0.15) is 0 Å². The smallest absolute Gasteiger partial charge is 0.0813 e. The second kappa shape index (κ2) is 3.91. The van der Waals surface area contributed by atoms with Gasteiger partial charge in [-0.15, -0.1) is 11.3 Å². The van der Waals surface area contributed by atoms with E-state index in [9.17, 15) is 0 Å². The fourth-order valence-corrected chi connectivity index (χ4v) is 3.22. The first kappa shape index (κ1) is 9.31. The first-order valence-corrected chi connectivity index (χ1v) is 6.29. The van der Waals surface area contributed by atoms with Crippen LogP contribution in [-0.2, 0) is 6.54 Å². The van der Waals surface area contributed by atoms with Crippen molar-refractivity contribution in [1.82, 2.24) is 9.88 Å². The van der Waals surface area contributed by atoms with E-state index in [2.05, 4.69) is 22.0 Å². The van der Waals surface area contributed by atoms with Gasteiger partial charge in [0.05, 0.1) is 10.2 Å². The minimum atomic E-state index is 1.11. The van der Waals surface area contributed by atoms with Crippen LogP contribution in [0, 0.1) is 0 Å². The molecule has 0 bridgehead atoms. The number of likely N-dealkylation sites (tertiary alicyclic amines) is 1. The van der Waals surface area contributed by atoms with Gasteiger partial charge >= 0.3 is 0 Å². The summed E-state index contributed by atoms with van der Waals surface area (Å²) in [5.41, 5.74) is 1.15. The molecule has 78 valence electrons. The van der Waals surface area contributed by atoms with Gasteiger partial charge in [0.25, 0.3) is 0 Å². The van der Waals surface area contributed by atoms with Crippen LogP contribution in [0.15, 0.2) is 24.4 Å². The Balaban J connectivity index is 1.84. The fourth-order valence-electron chi connectivity index (χ4n) is 2.16. The summed E-state index contributed by atoms with van der Waals surface area (Å²) >= 11 is 1.88. The summed E-state index contributed by atoms with van der Waals surface area (Å²) in [7, 11) is 0. The van der Waals surface area contributed by atoms with E-state index in [0.717, 1.165) is 12.1 Å². The third kappa shape index (κ3) is 1.90. The molecule has 1 saturated heterocycles. The summed E-state index contributed by atoms with van der Waals surface area (Å²) in [5, 5.41) is 0. The summed E-state index contributed by atoms with van der Waals surface area (Å²) in [6.07, 6.45) is 4.60. The standard InChI is InChI=1S/C12H14N2S/c1-2-7-14(6-1)9-10-8-11-12(15-10)4-3-5-13-11/h3-5,8H,1-2,6-7,9H2. The Kier molecular flexibility index (Phi) is 2.43. The maximum atomic E-state index is 4.37. The average molecular weight is 218 g/mol. The van der Waals surface area contributed by atoms with Crippen molar-refractivity contribution in [1.29, 1.82) is 0 Å². The highest BCUT2D eigenvalue weighted by atomic mass is 32.1. The third-order valence-electron chi connectivity index (χ3n) is 2.92. The zero-order chi connectivity index (χ0) is 10.1. The Hall–Kier alpha value is -0.930. The number of rotatable bonds is 2. The monoisotopic (exact) mass is 218 g/mol. The SMILES string of the molecule is c1cnc2cc(CN3CCCC3)sc2c1. The van der Waals surface area contributed by atoms with Crippen LogP contribution in [0.25, 0.3) is 10.2 Å². The van der Waals surface area contributed by atoms with Crippen LogP contribution in [0.1, 0.15) is 17.7 Å². The zero-order valence-electron chi connectivity index (χ0n) is 8.65. The van der Waals surface area contributed by atoms with Gasteiger partial charge in [-0.3, -0.25) is 9.88 Å². The lowest BCUT2D eigenvalue weighted by molar-refractivity contribution is 0.334. The van der Waals surface area contributed by atoms with Gasteiger partial charge < -0.3 is 0 Å². The Labute approximate surface area is 93.6 Å². The number of hydrogen-bond donors (Lipinski definition) is 0. The Bertz CT molecular complexity index is 424. The highest BCUT2D eigenvalue weighted by molar-refractivity contribution is 7.18. The molecule has 1 aliphatic rings. The molecule has 2 aromatic heterocycles. The predicted molar refractivity (Wildman–Crippen MR) is 64.1 cm³/mol. The summed E-state index contributed by atoms with van der Waals surface area (Å²) in [4.78, 5) is 8.35. The fraction of sp³-hybridized carbons (Fsp3) is 0.417. The number of hydrogen-bond acceptors (Lipinski definition) is 3. The molecule has 0 atom stereocenters. The number of pyridine rings is 1. The molecule has 0 aromatic carbocycles. The topological polar surface area (TPSA) is 16.1 Å². The Morgan fingerprint density at radius 1 is 1.33 bits per heavy atom. The van der Waals surface area contributed by atoms with Crippen LogP contribution in [-0.4, -0.2) is 23.0 Å². The number of thiophene rings is 1. The highest BCUT2D eigenvalue weighted by Gasteiger charge is 2.13. The van der Waals surface area contributed by atoms with Crippen molar-refractivity contribution in [3.63, 3.8) is 0 Å². The maximum Gasteiger partial charge on any atom is 0.0813 e. The zero-order valence-corrected chi connectivity index (χ0v) is 9.46. The van der Waals surface area contributed by atoms with Crippen LogP contribution in [0.4, 0.5) is 0 Å². The molecule has 2 aromatic rings. The van der Waals surface area contributed by atoms with E-state index < -0.39 is 0 Å². The molecular weight excluding hydrogens is 204 g/mol. The lowest BCUT2D eigenvalue weighted by Crippen LogP contribution is -2.17. The molecule has 1 fully saturated rings. The van der Waals surface area contributed by atoms with Crippen molar-refractivity contribution < 1.29 is 0 Å². The van der Waals surface area contributed by atoms with Crippen molar-refractivity contribution in [2.75, 3.05) is 13.1 Å². The first-order chi connectivity index (χ1) is 7.42. The van der Waals surface area contributed by atoms with E-state index in [4.69, 9.17) is 0 Å². The lowest BCUT2D eigenvalue weighted by Gasteiger charge is -2.11. The van der Waals surface area contributed by atoms with Gasteiger partial charge in [-0.25, -0.2) is 0 Å². The molecule has 0 saturated carbocycles. The molecule has 3 rings (SSSR count). The van der Waals surface area contributed by atoms with Crippen LogP contribution in [0.3, 0.4) is 0 Å². The number of fused-ring (bicyclic) bond motifs is 1. The van der Waals surface area contributed by atoms with E-state index in [1.165, 1.54) is 35.5 Å². The van der Waals surface area contributed by atoms with Crippen LogP contribution >= 0.6 is 11.3 Å². The lowest BCUT2D eigenvalue weighted by atomic mass is 10.3. The van der Waals surface area contributed by atoms with E-state index in [0.29, 0.717) is 0 Å². The summed E-state index contributed by atoms with van der Waals surface area (Å²) < 4.78 is 1.31. The molecule has 15 heavy (non-hydrogen) atoms. The van der Waals surface area contributed by atoms with Gasteiger partial charge in [0.1, 0.15) is 0 Å². The molecular formula is C12H14N2S. The maximum absolute atomic E-state index is 4.37. The molecule has 2 nitrogen and oxygen atoms in total. The average Bonchev–Trinajstić information content (AvgIpc) is 2.86. The quantitative estimate of drug-likeness (QED) is 0.770. The normalized spacial score (nSPS) is 17.6. The molecule has 1 aliphatic heterocycles. The largest absolute Gasteiger partial charge is 0.298 e. The predicted octanol–water partition coefficient (Wildman–Crippen LogP) is 2.89. The first-order valence-electron chi connectivity index (χ1n) is 5.47. The van der Waals surface area contributed by atoms with Gasteiger partial charge in [-0.05, 0) is 44.1 Å². The van der Waals surface area contributed by atoms with Crippen LogP contribution < -0.4 is 0 Å². The molecule has 0 spiro atoms. The highest BCUT2D eigenvalue weighted by Crippen LogP contribution is 2.25. The molecule has 3 heterocycles. The molecule has 0 aliphatic carbocycles. The van der Waals surface area contributed by atoms with Gasteiger partial charge in [0.15, 0.2) is 0 Å². The van der Waals surface area contributed by atoms with Crippen molar-refractivity contribution in [2.24, 2.45) is 0 Å². The minimum absolute atomic E-state index is 1.11. The molecule has 3 heteroatoms. The van der Waals surface area contributed by atoms with Gasteiger partial charge in [0, 0.05) is 17.6 Å². The van der Waals surface area contributed by atoms with E-state index >= 15 is 0 Å². The van der Waals surface area contributed by atoms with E-state index in [1.54, 1.807) is 0 Å². The van der Waals surface area contributed by atoms with E-state index in [1.807, 2.05) is 23.6 Å². The van der Waals surface area contributed by atoms with Crippen molar-refractivity contribution in [2.45, 2.75) is 19.4 Å². The molecule has 0 N–H and O–H groups in total. The summed E-state index contributed by atoms with van der Waals surface area (Å²) in [6.45, 7) is 3.64. The Morgan fingerprint density at radius 3 is 3.00 bits per heavy atom. The number of aromatic nitrogens is 1. The van der Waals surface area contributed by atoms with Crippen molar-refractivity contribution in [3.05, 3.63) is 29.3 Å².